The quantitative estimate of drug-likeness (QED) is 0.575. The molecular weight excluding hydrogens is 146 g/mol. The highest BCUT2D eigenvalue weighted by Crippen LogP contribution is 2.04. The van der Waals surface area contributed by atoms with Crippen LogP contribution in [0.4, 0.5) is 0 Å². The van der Waals surface area contributed by atoms with E-state index in [4.69, 9.17) is 0 Å². The van der Waals surface area contributed by atoms with Crippen molar-refractivity contribution in [2.24, 2.45) is 0 Å². The van der Waals surface area contributed by atoms with Gasteiger partial charge < -0.3 is 5.32 Å². The van der Waals surface area contributed by atoms with Gasteiger partial charge in [0.1, 0.15) is 0 Å². The maximum atomic E-state index is 3.92. The van der Waals surface area contributed by atoms with Crippen LogP contribution in [-0.4, -0.2) is 6.54 Å². The van der Waals surface area contributed by atoms with E-state index in [-0.39, 0.29) is 0 Å². The smallest absolute Gasteiger partial charge is 0.0176 e. The van der Waals surface area contributed by atoms with Crippen LogP contribution in [0.5, 0.6) is 0 Å². The second-order valence-electron chi connectivity index (χ2n) is 2.94. The fraction of sp³-hybridized carbons (Fsp3) is 0.273. The summed E-state index contributed by atoms with van der Waals surface area (Å²) in [7, 11) is 0. The molecule has 0 unspecified atom stereocenters. The van der Waals surface area contributed by atoms with Crippen molar-refractivity contribution >= 4 is 0 Å². The van der Waals surface area contributed by atoms with Crippen LogP contribution >= 0.6 is 0 Å². The number of nitrogens with one attached hydrogen (secondary N) is 1. The van der Waals surface area contributed by atoms with E-state index in [1.807, 2.05) is 6.20 Å². The minimum Gasteiger partial charge on any atom is -0.391 e. The second-order valence-corrected chi connectivity index (χ2v) is 2.94. The van der Waals surface area contributed by atoms with Crippen molar-refractivity contribution in [1.82, 2.24) is 5.32 Å². The summed E-state index contributed by atoms with van der Waals surface area (Å²) in [5, 5.41) is 3.20. The van der Waals surface area contributed by atoms with Gasteiger partial charge in [0, 0.05) is 6.54 Å². The van der Waals surface area contributed by atoms with E-state index in [0.717, 1.165) is 18.5 Å². The summed E-state index contributed by atoms with van der Waals surface area (Å²) >= 11 is 0. The SMILES string of the molecule is C=C1/C=C\CCN/C=C\C(C)=C/1. The average Bonchev–Trinajstić information content (AvgIpc) is 2.02. The van der Waals surface area contributed by atoms with Crippen molar-refractivity contribution in [3.63, 3.8) is 0 Å². The minimum atomic E-state index is 0.994. The van der Waals surface area contributed by atoms with Gasteiger partial charge in [-0.15, -0.1) is 0 Å². The molecule has 0 fully saturated rings. The third-order valence-electron chi connectivity index (χ3n) is 1.66. The van der Waals surface area contributed by atoms with E-state index >= 15 is 0 Å². The Bertz CT molecular complexity index is 244. The zero-order valence-corrected chi connectivity index (χ0v) is 7.51. The van der Waals surface area contributed by atoms with E-state index in [1.54, 1.807) is 0 Å². The van der Waals surface area contributed by atoms with Crippen LogP contribution in [0.3, 0.4) is 0 Å². The van der Waals surface area contributed by atoms with Gasteiger partial charge in [-0.25, -0.2) is 0 Å². The highest BCUT2D eigenvalue weighted by atomic mass is 14.8. The van der Waals surface area contributed by atoms with Gasteiger partial charge in [-0.3, -0.25) is 0 Å². The molecule has 0 aromatic carbocycles. The molecule has 0 amide bonds. The summed E-state index contributed by atoms with van der Waals surface area (Å²) in [6.07, 6.45) is 11.4. The molecule has 0 aromatic rings. The molecule has 0 saturated carbocycles. The Hall–Kier alpha value is -1.24. The molecule has 1 aliphatic rings. The maximum Gasteiger partial charge on any atom is 0.0176 e. The molecule has 1 heterocycles. The van der Waals surface area contributed by atoms with Gasteiger partial charge in [0.15, 0.2) is 0 Å². The average molecular weight is 161 g/mol. The Morgan fingerprint density at radius 3 is 3.08 bits per heavy atom. The Morgan fingerprint density at radius 2 is 2.25 bits per heavy atom. The van der Waals surface area contributed by atoms with Crippen LogP contribution in [0.25, 0.3) is 0 Å². The van der Waals surface area contributed by atoms with E-state index in [0.29, 0.717) is 0 Å². The van der Waals surface area contributed by atoms with Gasteiger partial charge >= 0.3 is 0 Å². The van der Waals surface area contributed by atoms with E-state index in [2.05, 4.69) is 43.1 Å². The predicted molar refractivity (Wildman–Crippen MR) is 53.8 cm³/mol. The van der Waals surface area contributed by atoms with Crippen molar-refractivity contribution < 1.29 is 0 Å². The molecule has 0 saturated heterocycles. The van der Waals surface area contributed by atoms with Gasteiger partial charge in [0.05, 0.1) is 0 Å². The molecule has 1 N–H and O–H groups in total. The molecule has 64 valence electrons. The molecule has 0 aliphatic carbocycles. The number of allylic oxidation sites excluding steroid dienone is 5. The summed E-state index contributed by atoms with van der Waals surface area (Å²) < 4.78 is 0. The van der Waals surface area contributed by atoms with E-state index in [1.165, 1.54) is 5.57 Å². The molecule has 0 atom stereocenters. The summed E-state index contributed by atoms with van der Waals surface area (Å²) in [6, 6.07) is 0. The van der Waals surface area contributed by atoms with Crippen molar-refractivity contribution in [3.8, 4) is 0 Å². The third-order valence-corrected chi connectivity index (χ3v) is 1.66. The first-order valence-corrected chi connectivity index (χ1v) is 4.23. The van der Waals surface area contributed by atoms with Crippen LogP contribution in [0.1, 0.15) is 13.3 Å². The van der Waals surface area contributed by atoms with Crippen LogP contribution in [0, 0.1) is 0 Å². The molecule has 1 nitrogen and oxygen atoms in total. The third kappa shape index (κ3) is 3.24. The number of rotatable bonds is 0. The van der Waals surface area contributed by atoms with Gasteiger partial charge in [-0.2, -0.15) is 0 Å². The second kappa shape index (κ2) is 4.60. The number of hydrogen-bond acceptors (Lipinski definition) is 1. The Morgan fingerprint density at radius 1 is 1.42 bits per heavy atom. The van der Waals surface area contributed by atoms with E-state index < -0.39 is 0 Å². The lowest BCUT2D eigenvalue weighted by molar-refractivity contribution is 0.850. The first-order chi connectivity index (χ1) is 5.79. The number of hydrogen-bond donors (Lipinski definition) is 1. The van der Waals surface area contributed by atoms with Gasteiger partial charge in [0.2, 0.25) is 0 Å². The summed E-state index contributed by atoms with van der Waals surface area (Å²) in [5.74, 6) is 0. The zero-order chi connectivity index (χ0) is 8.81. The lowest BCUT2D eigenvalue weighted by atomic mass is 10.1. The summed E-state index contributed by atoms with van der Waals surface area (Å²) in [4.78, 5) is 0. The van der Waals surface area contributed by atoms with E-state index in [9.17, 15) is 0 Å². The van der Waals surface area contributed by atoms with Crippen LogP contribution in [0.15, 0.2) is 48.2 Å². The first kappa shape index (κ1) is 8.85. The van der Waals surface area contributed by atoms with Gasteiger partial charge in [-0.05, 0) is 36.8 Å². The standard InChI is InChI=1S/C11H15N/c1-10-5-3-4-7-12-8-6-11(2)9-10/h3,5-6,8-9,12H,1,4,7H2,2H3/b5-3-,8-6-,11-9-. The van der Waals surface area contributed by atoms with Crippen molar-refractivity contribution in [3.05, 3.63) is 48.2 Å². The first-order valence-electron chi connectivity index (χ1n) is 4.23. The van der Waals surface area contributed by atoms with Crippen molar-refractivity contribution in [2.75, 3.05) is 6.54 Å². The van der Waals surface area contributed by atoms with Crippen molar-refractivity contribution in [2.45, 2.75) is 13.3 Å². The highest BCUT2D eigenvalue weighted by molar-refractivity contribution is 5.34. The Kier molecular flexibility index (Phi) is 3.39. The fourth-order valence-electron chi connectivity index (χ4n) is 1.06. The molecule has 1 heteroatoms. The Labute approximate surface area is 74.2 Å². The molecule has 1 rings (SSSR count). The lowest BCUT2D eigenvalue weighted by Gasteiger charge is -2.00. The molecule has 0 radical (unpaired) electrons. The summed E-state index contributed by atoms with van der Waals surface area (Å²) in [6.45, 7) is 6.98. The lowest BCUT2D eigenvalue weighted by Crippen LogP contribution is -2.05. The Balaban J connectivity index is 2.73. The molecule has 12 heavy (non-hydrogen) atoms. The molecule has 0 bridgehead atoms. The zero-order valence-electron chi connectivity index (χ0n) is 7.51. The summed E-state index contributed by atoms with van der Waals surface area (Å²) in [5.41, 5.74) is 2.29. The van der Waals surface area contributed by atoms with Crippen molar-refractivity contribution in [1.29, 1.82) is 0 Å². The fourth-order valence-corrected chi connectivity index (χ4v) is 1.06. The minimum absolute atomic E-state index is 0.994. The molecule has 0 aromatic heterocycles. The molecule has 0 spiro atoms. The van der Waals surface area contributed by atoms with Gasteiger partial charge in [0.25, 0.3) is 0 Å². The maximum absolute atomic E-state index is 3.92. The molecule has 1 aliphatic heterocycles. The largest absolute Gasteiger partial charge is 0.391 e. The topological polar surface area (TPSA) is 12.0 Å². The van der Waals surface area contributed by atoms with Crippen LogP contribution in [0.2, 0.25) is 0 Å². The normalized spacial score (nSPS) is 28.1. The van der Waals surface area contributed by atoms with Gasteiger partial charge in [-0.1, -0.05) is 24.8 Å². The predicted octanol–water partition coefficient (Wildman–Crippen LogP) is 2.55. The molecular formula is C11H15N. The van der Waals surface area contributed by atoms with Crippen LogP contribution in [-0.2, 0) is 0 Å². The highest BCUT2D eigenvalue weighted by Gasteiger charge is 1.87. The monoisotopic (exact) mass is 161 g/mol. The van der Waals surface area contributed by atoms with Crippen LogP contribution < -0.4 is 5.32 Å².